The van der Waals surface area contributed by atoms with Gasteiger partial charge in [0.25, 0.3) is 5.91 Å². The molecule has 3 amide bonds. The molecule has 8 nitrogen and oxygen atoms in total. The fourth-order valence-corrected chi connectivity index (χ4v) is 4.61. The molecule has 0 spiro atoms. The Bertz CT molecular complexity index is 1300. The van der Waals surface area contributed by atoms with Crippen molar-refractivity contribution in [3.8, 4) is 11.1 Å². The Kier molecular flexibility index (Phi) is 6.69. The van der Waals surface area contributed by atoms with Gasteiger partial charge in [-0.3, -0.25) is 9.69 Å². The molecule has 1 saturated heterocycles. The van der Waals surface area contributed by atoms with Gasteiger partial charge in [0.15, 0.2) is 0 Å². The first kappa shape index (κ1) is 23.6. The Balaban J connectivity index is 1.30. The van der Waals surface area contributed by atoms with Crippen LogP contribution in [0.2, 0.25) is 0 Å². The second-order valence-corrected chi connectivity index (χ2v) is 8.69. The second-order valence-electron chi connectivity index (χ2n) is 8.69. The number of carbonyl (C=O) groups excluding carboxylic acids is 3. The fourth-order valence-electron chi connectivity index (χ4n) is 4.61. The third kappa shape index (κ3) is 4.67. The van der Waals surface area contributed by atoms with Gasteiger partial charge < -0.3 is 19.7 Å². The number of fused-ring (bicyclic) bond motifs is 1. The average Bonchev–Trinajstić information content (AvgIpc) is 3.36. The predicted molar refractivity (Wildman–Crippen MR) is 136 cm³/mol. The number of rotatable bonds is 4. The van der Waals surface area contributed by atoms with E-state index in [0.717, 1.165) is 28.8 Å². The van der Waals surface area contributed by atoms with E-state index in [1.165, 1.54) is 7.11 Å². The number of benzene rings is 3. The molecule has 5 rings (SSSR count). The predicted octanol–water partition coefficient (Wildman–Crippen LogP) is 4.21. The van der Waals surface area contributed by atoms with Crippen LogP contribution in [0.3, 0.4) is 0 Å². The number of nitrogens with one attached hydrogen (secondary N) is 1. The molecule has 2 aliphatic heterocycles. The van der Waals surface area contributed by atoms with Crippen molar-refractivity contribution < 1.29 is 23.9 Å². The largest absolute Gasteiger partial charge is 0.465 e. The highest BCUT2D eigenvalue weighted by Crippen LogP contribution is 2.33. The highest BCUT2D eigenvalue weighted by Gasteiger charge is 2.26. The van der Waals surface area contributed by atoms with Crippen LogP contribution in [-0.4, -0.2) is 62.8 Å². The molecule has 3 aromatic carbocycles. The van der Waals surface area contributed by atoms with Gasteiger partial charge in [0.1, 0.15) is 0 Å². The van der Waals surface area contributed by atoms with Crippen LogP contribution in [0.1, 0.15) is 26.3 Å². The van der Waals surface area contributed by atoms with Crippen molar-refractivity contribution >= 4 is 29.3 Å². The number of ether oxygens (including phenoxy) is 2. The lowest BCUT2D eigenvalue weighted by Gasteiger charge is -2.26. The van der Waals surface area contributed by atoms with Crippen LogP contribution in [-0.2, 0) is 15.9 Å². The Morgan fingerprint density at radius 2 is 1.61 bits per heavy atom. The van der Waals surface area contributed by atoms with Gasteiger partial charge in [-0.05, 0) is 59.5 Å². The summed E-state index contributed by atoms with van der Waals surface area (Å²) in [7, 11) is 1.31. The second kappa shape index (κ2) is 10.2. The maximum atomic E-state index is 13.0. The number of methoxy groups -OCH3 is 1. The summed E-state index contributed by atoms with van der Waals surface area (Å²) in [6, 6.07) is 20.1. The van der Waals surface area contributed by atoms with Gasteiger partial charge in [-0.2, -0.15) is 0 Å². The molecule has 0 aliphatic carbocycles. The average molecular weight is 486 g/mol. The minimum atomic E-state index is -0.505. The number of morpholine rings is 1. The van der Waals surface area contributed by atoms with Crippen molar-refractivity contribution in [3.05, 3.63) is 83.4 Å². The van der Waals surface area contributed by atoms with E-state index in [1.54, 1.807) is 29.2 Å². The smallest absolute Gasteiger partial charge is 0.339 e. The van der Waals surface area contributed by atoms with Gasteiger partial charge in [-0.15, -0.1) is 0 Å². The fraction of sp³-hybridized carbons (Fsp3) is 0.250. The van der Waals surface area contributed by atoms with E-state index in [9.17, 15) is 14.4 Å². The van der Waals surface area contributed by atoms with Crippen LogP contribution in [0.5, 0.6) is 0 Å². The summed E-state index contributed by atoms with van der Waals surface area (Å²) in [4.78, 5) is 41.3. The number of carbonyl (C=O) groups is 3. The topological polar surface area (TPSA) is 88.2 Å². The molecule has 0 bridgehead atoms. The number of esters is 1. The molecule has 8 heteroatoms. The zero-order chi connectivity index (χ0) is 25.1. The molecule has 0 atom stereocenters. The summed E-state index contributed by atoms with van der Waals surface area (Å²) in [6.45, 7) is 2.92. The molecule has 36 heavy (non-hydrogen) atoms. The van der Waals surface area contributed by atoms with Crippen LogP contribution in [0.4, 0.5) is 16.2 Å². The highest BCUT2D eigenvalue weighted by molar-refractivity contribution is 6.07. The summed E-state index contributed by atoms with van der Waals surface area (Å²) in [5.74, 6) is -0.482. The molecule has 0 radical (unpaired) electrons. The SMILES string of the molecule is COC(=O)c1ccccc1NC(=O)N1CCc2cc(-c3ccc(C(=O)N4CCOCC4)cc3)ccc21. The molecule has 184 valence electrons. The molecule has 2 heterocycles. The number of anilines is 2. The first-order valence-corrected chi connectivity index (χ1v) is 11.9. The van der Waals surface area contributed by atoms with Crippen LogP contribution < -0.4 is 10.2 Å². The molecule has 2 aliphatic rings. The van der Waals surface area contributed by atoms with Gasteiger partial charge in [0.05, 0.1) is 31.6 Å². The Labute approximate surface area is 209 Å². The maximum Gasteiger partial charge on any atom is 0.339 e. The molecule has 1 fully saturated rings. The summed E-state index contributed by atoms with van der Waals surface area (Å²) < 4.78 is 10.1. The molecule has 0 saturated carbocycles. The quantitative estimate of drug-likeness (QED) is 0.560. The summed E-state index contributed by atoms with van der Waals surface area (Å²) >= 11 is 0. The van der Waals surface area contributed by atoms with E-state index < -0.39 is 5.97 Å². The number of hydrogen-bond donors (Lipinski definition) is 1. The van der Waals surface area contributed by atoms with Crippen molar-refractivity contribution in [2.45, 2.75) is 6.42 Å². The summed E-state index contributed by atoms with van der Waals surface area (Å²) in [5, 5.41) is 2.84. The molecule has 0 unspecified atom stereocenters. The van der Waals surface area contributed by atoms with Gasteiger partial charge in [0, 0.05) is 30.9 Å². The first-order chi connectivity index (χ1) is 17.5. The van der Waals surface area contributed by atoms with Gasteiger partial charge >= 0.3 is 12.0 Å². The molecule has 3 aromatic rings. The number of nitrogens with zero attached hydrogens (tertiary/aromatic N) is 2. The van der Waals surface area contributed by atoms with E-state index in [-0.39, 0.29) is 11.9 Å². The van der Waals surface area contributed by atoms with Gasteiger partial charge in [-0.25, -0.2) is 9.59 Å². The highest BCUT2D eigenvalue weighted by atomic mass is 16.5. The third-order valence-corrected chi connectivity index (χ3v) is 6.56. The molecule has 1 N–H and O–H groups in total. The summed E-state index contributed by atoms with van der Waals surface area (Å²) in [5.41, 5.74) is 5.31. The van der Waals surface area contributed by atoms with Crippen molar-refractivity contribution in [2.24, 2.45) is 0 Å². The lowest BCUT2D eigenvalue weighted by Crippen LogP contribution is -2.40. The molecular formula is C28H27N3O5. The van der Waals surface area contributed by atoms with E-state index in [0.29, 0.717) is 49.7 Å². The van der Waals surface area contributed by atoms with E-state index in [2.05, 4.69) is 11.4 Å². The molecule has 0 aromatic heterocycles. The number of urea groups is 1. The van der Waals surface area contributed by atoms with Gasteiger partial charge in [-0.1, -0.05) is 30.3 Å². The lowest BCUT2D eigenvalue weighted by molar-refractivity contribution is 0.0303. The third-order valence-electron chi connectivity index (χ3n) is 6.56. The number of para-hydroxylation sites is 1. The minimum Gasteiger partial charge on any atom is -0.465 e. The zero-order valence-corrected chi connectivity index (χ0v) is 20.0. The van der Waals surface area contributed by atoms with E-state index >= 15 is 0 Å². The summed E-state index contributed by atoms with van der Waals surface area (Å²) in [6.07, 6.45) is 0.725. The normalized spacial score (nSPS) is 14.8. The standard InChI is InChI=1S/C28H27N3O5/c1-35-27(33)23-4-2-3-5-24(23)29-28(34)31-13-12-22-18-21(10-11-25(22)31)19-6-8-20(9-7-19)26(32)30-14-16-36-17-15-30/h2-11,18H,12-17H2,1H3,(H,29,34). The molecular weight excluding hydrogens is 458 g/mol. The van der Waals surface area contributed by atoms with Crippen molar-refractivity contribution in [3.63, 3.8) is 0 Å². The lowest BCUT2D eigenvalue weighted by atomic mass is 10.0. The first-order valence-electron chi connectivity index (χ1n) is 11.9. The van der Waals surface area contributed by atoms with Crippen LogP contribution >= 0.6 is 0 Å². The van der Waals surface area contributed by atoms with Crippen molar-refractivity contribution in [1.29, 1.82) is 0 Å². The zero-order valence-electron chi connectivity index (χ0n) is 20.0. The Morgan fingerprint density at radius 3 is 2.36 bits per heavy atom. The van der Waals surface area contributed by atoms with E-state index in [1.807, 2.05) is 41.3 Å². The van der Waals surface area contributed by atoms with Crippen LogP contribution in [0.15, 0.2) is 66.7 Å². The Morgan fingerprint density at radius 1 is 0.889 bits per heavy atom. The minimum absolute atomic E-state index is 0.0224. The Hall–Kier alpha value is -4.17. The van der Waals surface area contributed by atoms with Gasteiger partial charge in [0.2, 0.25) is 0 Å². The van der Waals surface area contributed by atoms with Crippen LogP contribution in [0.25, 0.3) is 11.1 Å². The number of hydrogen-bond acceptors (Lipinski definition) is 5. The monoisotopic (exact) mass is 485 g/mol. The van der Waals surface area contributed by atoms with E-state index in [4.69, 9.17) is 9.47 Å². The van der Waals surface area contributed by atoms with Crippen LogP contribution in [0, 0.1) is 0 Å². The van der Waals surface area contributed by atoms with Crippen molar-refractivity contribution in [2.75, 3.05) is 50.2 Å². The van der Waals surface area contributed by atoms with Crippen molar-refractivity contribution in [1.82, 2.24) is 4.90 Å². The maximum absolute atomic E-state index is 13.0. The number of amides is 3.